The van der Waals surface area contributed by atoms with Gasteiger partial charge >= 0.3 is 0 Å². The molecule has 1 fully saturated rings. The summed E-state index contributed by atoms with van der Waals surface area (Å²) in [5.41, 5.74) is 3.41. The van der Waals surface area contributed by atoms with Crippen molar-refractivity contribution in [2.45, 2.75) is 13.5 Å². The molecule has 2 aromatic heterocycles. The van der Waals surface area contributed by atoms with E-state index in [0.717, 1.165) is 22.2 Å². The lowest BCUT2D eigenvalue weighted by Gasteiger charge is -2.36. The van der Waals surface area contributed by atoms with Crippen molar-refractivity contribution in [3.8, 4) is 0 Å². The first kappa shape index (κ1) is 21.8. The number of halogens is 1. The highest BCUT2D eigenvalue weighted by Gasteiger charge is 2.25. The molecule has 1 aliphatic rings. The van der Waals surface area contributed by atoms with Gasteiger partial charge in [0, 0.05) is 43.4 Å². The number of amides is 1. The normalized spacial score (nSPS) is 13.9. The van der Waals surface area contributed by atoms with Crippen molar-refractivity contribution in [3.05, 3.63) is 106 Å². The van der Waals surface area contributed by atoms with Crippen molar-refractivity contribution in [3.63, 3.8) is 0 Å². The number of hydrogen-bond acceptors (Lipinski definition) is 4. The fourth-order valence-electron chi connectivity index (χ4n) is 4.37. The summed E-state index contributed by atoms with van der Waals surface area (Å²) in [6.45, 7) is 4.56. The molecule has 4 aromatic rings. The van der Waals surface area contributed by atoms with Gasteiger partial charge in [0.2, 0.25) is 0 Å². The second-order valence-corrected chi connectivity index (χ2v) is 8.61. The van der Waals surface area contributed by atoms with Gasteiger partial charge in [0.1, 0.15) is 17.0 Å². The molecule has 2 aromatic carbocycles. The van der Waals surface area contributed by atoms with E-state index in [-0.39, 0.29) is 22.8 Å². The molecular weight excluding hydrogens is 431 g/mol. The lowest BCUT2D eigenvalue weighted by atomic mass is 10.1. The number of pyridine rings is 2. The van der Waals surface area contributed by atoms with Crippen LogP contribution in [0, 0.1) is 12.7 Å². The van der Waals surface area contributed by atoms with Gasteiger partial charge in [0.25, 0.3) is 11.5 Å². The molecule has 1 amide bonds. The van der Waals surface area contributed by atoms with Gasteiger partial charge in [-0.25, -0.2) is 9.37 Å². The average Bonchev–Trinajstić information content (AvgIpc) is 2.87. The average molecular weight is 457 g/mol. The van der Waals surface area contributed by atoms with Crippen LogP contribution in [0.2, 0.25) is 0 Å². The predicted molar refractivity (Wildman–Crippen MR) is 131 cm³/mol. The fraction of sp³-hybridized carbons (Fsp3) is 0.222. The largest absolute Gasteiger partial charge is 0.368 e. The summed E-state index contributed by atoms with van der Waals surface area (Å²) in [5, 5.41) is 0.752. The number of anilines is 1. The summed E-state index contributed by atoms with van der Waals surface area (Å²) in [4.78, 5) is 35.2. The van der Waals surface area contributed by atoms with E-state index in [1.54, 1.807) is 39.9 Å². The number of piperazine rings is 1. The molecule has 0 unspecified atom stereocenters. The first-order chi connectivity index (χ1) is 16.5. The molecule has 6 nitrogen and oxygen atoms in total. The van der Waals surface area contributed by atoms with Crippen LogP contribution < -0.4 is 10.5 Å². The van der Waals surface area contributed by atoms with E-state index >= 15 is 0 Å². The molecule has 0 radical (unpaired) electrons. The summed E-state index contributed by atoms with van der Waals surface area (Å²) in [6, 6.07) is 19.7. The fourth-order valence-corrected chi connectivity index (χ4v) is 4.37. The van der Waals surface area contributed by atoms with Crippen molar-refractivity contribution < 1.29 is 9.18 Å². The van der Waals surface area contributed by atoms with Crippen LogP contribution >= 0.6 is 0 Å². The minimum Gasteiger partial charge on any atom is -0.368 e. The Hall–Kier alpha value is -4.00. The Bertz CT molecular complexity index is 1390. The first-order valence-corrected chi connectivity index (χ1v) is 11.3. The molecule has 1 aliphatic heterocycles. The van der Waals surface area contributed by atoms with Crippen LogP contribution in [0.3, 0.4) is 0 Å². The molecule has 172 valence electrons. The zero-order valence-corrected chi connectivity index (χ0v) is 18.9. The highest BCUT2D eigenvalue weighted by molar-refractivity contribution is 5.97. The van der Waals surface area contributed by atoms with E-state index < -0.39 is 0 Å². The highest BCUT2D eigenvalue weighted by atomic mass is 19.1. The van der Waals surface area contributed by atoms with Crippen LogP contribution in [-0.2, 0) is 6.54 Å². The number of aryl methyl sites for hydroxylation is 1. The Balaban J connectivity index is 1.42. The van der Waals surface area contributed by atoms with Crippen LogP contribution in [0.15, 0.2) is 77.7 Å². The van der Waals surface area contributed by atoms with Gasteiger partial charge in [-0.05, 0) is 55.0 Å². The molecule has 34 heavy (non-hydrogen) atoms. The number of hydrogen-bond donors (Lipinski definition) is 0. The SMILES string of the molecule is Cc1ccc(Cn2c(=O)c(C(=O)N3CCN(c4ccc(F)cc4)CC3)cc3cccnc32)cc1. The van der Waals surface area contributed by atoms with Gasteiger partial charge in [-0.3, -0.25) is 14.2 Å². The number of aromatic nitrogens is 2. The number of carbonyl (C=O) groups is 1. The Morgan fingerprint density at radius 3 is 2.38 bits per heavy atom. The van der Waals surface area contributed by atoms with Crippen LogP contribution in [-0.4, -0.2) is 46.5 Å². The van der Waals surface area contributed by atoms with Gasteiger partial charge in [0.15, 0.2) is 0 Å². The zero-order valence-electron chi connectivity index (χ0n) is 18.9. The number of fused-ring (bicyclic) bond motifs is 1. The topological polar surface area (TPSA) is 58.4 Å². The Kier molecular flexibility index (Phi) is 5.84. The van der Waals surface area contributed by atoms with E-state index in [1.807, 2.05) is 37.3 Å². The number of carbonyl (C=O) groups excluding carboxylic acids is 1. The van der Waals surface area contributed by atoms with Crippen molar-refractivity contribution >= 4 is 22.6 Å². The van der Waals surface area contributed by atoms with Crippen molar-refractivity contribution in [2.75, 3.05) is 31.1 Å². The van der Waals surface area contributed by atoms with E-state index in [2.05, 4.69) is 9.88 Å². The standard InChI is InChI=1S/C27H25FN4O2/c1-19-4-6-20(7-5-19)18-32-25-21(3-2-12-29-25)17-24(27(32)34)26(33)31-15-13-30(14-16-31)23-10-8-22(28)9-11-23/h2-12,17H,13-16,18H2,1H3. The Morgan fingerprint density at radius 2 is 1.68 bits per heavy atom. The molecule has 7 heteroatoms. The second-order valence-electron chi connectivity index (χ2n) is 8.61. The van der Waals surface area contributed by atoms with Crippen LogP contribution in [0.5, 0.6) is 0 Å². The van der Waals surface area contributed by atoms with Crippen LogP contribution in [0.4, 0.5) is 10.1 Å². The van der Waals surface area contributed by atoms with Gasteiger partial charge in [-0.2, -0.15) is 0 Å². The van der Waals surface area contributed by atoms with Gasteiger partial charge < -0.3 is 9.80 Å². The molecule has 0 bridgehead atoms. The first-order valence-electron chi connectivity index (χ1n) is 11.3. The summed E-state index contributed by atoms with van der Waals surface area (Å²) in [6.07, 6.45) is 1.66. The summed E-state index contributed by atoms with van der Waals surface area (Å²) < 4.78 is 14.8. The summed E-state index contributed by atoms with van der Waals surface area (Å²) >= 11 is 0. The molecule has 0 saturated carbocycles. The van der Waals surface area contributed by atoms with Crippen LogP contribution in [0.25, 0.3) is 11.0 Å². The molecule has 3 heterocycles. The van der Waals surface area contributed by atoms with Gasteiger partial charge in [0.05, 0.1) is 6.54 Å². The molecule has 0 atom stereocenters. The Labute approximate surface area is 196 Å². The molecule has 0 N–H and O–H groups in total. The number of rotatable bonds is 4. The number of benzene rings is 2. The van der Waals surface area contributed by atoms with E-state index in [9.17, 15) is 14.0 Å². The third-order valence-electron chi connectivity index (χ3n) is 6.30. The third-order valence-corrected chi connectivity index (χ3v) is 6.30. The summed E-state index contributed by atoms with van der Waals surface area (Å²) in [7, 11) is 0. The molecule has 0 spiro atoms. The summed E-state index contributed by atoms with van der Waals surface area (Å²) in [5.74, 6) is -0.544. The van der Waals surface area contributed by atoms with Gasteiger partial charge in [-0.15, -0.1) is 0 Å². The van der Waals surface area contributed by atoms with E-state index in [4.69, 9.17) is 0 Å². The second kappa shape index (κ2) is 9.09. The highest BCUT2D eigenvalue weighted by Crippen LogP contribution is 2.19. The lowest BCUT2D eigenvalue weighted by Crippen LogP contribution is -2.50. The quantitative estimate of drug-likeness (QED) is 0.468. The maximum absolute atomic E-state index is 13.5. The minimum absolute atomic E-state index is 0.155. The molecular formula is C27H25FN4O2. The van der Waals surface area contributed by atoms with Crippen molar-refractivity contribution in [1.29, 1.82) is 0 Å². The van der Waals surface area contributed by atoms with Crippen molar-refractivity contribution in [2.24, 2.45) is 0 Å². The van der Waals surface area contributed by atoms with E-state index in [1.165, 1.54) is 12.1 Å². The maximum Gasteiger partial charge on any atom is 0.265 e. The Morgan fingerprint density at radius 1 is 0.971 bits per heavy atom. The minimum atomic E-state index is -0.335. The van der Waals surface area contributed by atoms with Gasteiger partial charge in [-0.1, -0.05) is 29.8 Å². The van der Waals surface area contributed by atoms with Crippen molar-refractivity contribution in [1.82, 2.24) is 14.5 Å². The number of nitrogens with zero attached hydrogens (tertiary/aromatic N) is 4. The maximum atomic E-state index is 13.5. The van der Waals surface area contributed by atoms with Crippen LogP contribution in [0.1, 0.15) is 21.5 Å². The van der Waals surface area contributed by atoms with E-state index in [0.29, 0.717) is 38.4 Å². The zero-order chi connectivity index (χ0) is 23.7. The predicted octanol–water partition coefficient (Wildman–Crippen LogP) is 3.85. The lowest BCUT2D eigenvalue weighted by molar-refractivity contribution is 0.0744. The smallest absolute Gasteiger partial charge is 0.265 e. The molecule has 1 saturated heterocycles. The molecule has 0 aliphatic carbocycles. The monoisotopic (exact) mass is 456 g/mol. The third kappa shape index (κ3) is 4.29. The molecule has 5 rings (SSSR count).